The predicted octanol–water partition coefficient (Wildman–Crippen LogP) is 1.12. The minimum absolute atomic E-state index is 0.240. The Hall–Kier alpha value is -1.81. The van der Waals surface area contributed by atoms with E-state index in [9.17, 15) is 4.79 Å². The average molecular weight is 207 g/mol. The van der Waals surface area contributed by atoms with E-state index in [0.29, 0.717) is 13.1 Å². The summed E-state index contributed by atoms with van der Waals surface area (Å²) in [6.07, 6.45) is 2.65. The lowest BCUT2D eigenvalue weighted by Crippen LogP contribution is -2.12. The molecule has 0 aliphatic heterocycles. The van der Waals surface area contributed by atoms with Gasteiger partial charge in [0, 0.05) is 19.2 Å². The first kappa shape index (κ1) is 11.3. The summed E-state index contributed by atoms with van der Waals surface area (Å²) in [4.78, 5) is 10.1. The van der Waals surface area contributed by atoms with E-state index in [4.69, 9.17) is 10.2 Å². The molecule has 0 heterocycles. The van der Waals surface area contributed by atoms with Crippen molar-refractivity contribution in [3.8, 4) is 5.75 Å². The zero-order valence-electron chi connectivity index (χ0n) is 8.18. The van der Waals surface area contributed by atoms with Gasteiger partial charge in [-0.2, -0.15) is 0 Å². The number of carboxylic acids is 1. The SMILES string of the molecule is O=C(O)/C=C/CNCc1ccc(O)cc1. The van der Waals surface area contributed by atoms with Gasteiger partial charge in [0.2, 0.25) is 0 Å². The third-order valence-corrected chi connectivity index (χ3v) is 1.79. The first-order chi connectivity index (χ1) is 7.18. The number of rotatable bonds is 5. The summed E-state index contributed by atoms with van der Waals surface area (Å²) in [6, 6.07) is 6.85. The first-order valence-electron chi connectivity index (χ1n) is 4.56. The smallest absolute Gasteiger partial charge is 0.328 e. The number of carbonyl (C=O) groups is 1. The lowest BCUT2D eigenvalue weighted by molar-refractivity contribution is -0.131. The fraction of sp³-hybridized carbons (Fsp3) is 0.182. The van der Waals surface area contributed by atoms with Crippen LogP contribution in [0.15, 0.2) is 36.4 Å². The fourth-order valence-electron chi connectivity index (χ4n) is 1.07. The third kappa shape index (κ3) is 4.83. The standard InChI is InChI=1S/C11H13NO3/c13-10-5-3-9(4-6-10)8-12-7-1-2-11(14)15/h1-6,12-13H,7-8H2,(H,14,15)/b2-1+. The number of aromatic hydroxyl groups is 1. The second-order valence-electron chi connectivity index (χ2n) is 3.04. The number of phenolic OH excluding ortho intramolecular Hbond substituents is 1. The summed E-state index contributed by atoms with van der Waals surface area (Å²) < 4.78 is 0. The molecule has 0 aliphatic rings. The zero-order valence-corrected chi connectivity index (χ0v) is 8.18. The second kappa shape index (κ2) is 5.82. The summed E-state index contributed by atoms with van der Waals surface area (Å²) in [5.74, 6) is -0.703. The zero-order chi connectivity index (χ0) is 11.1. The van der Waals surface area contributed by atoms with Crippen LogP contribution in [-0.2, 0) is 11.3 Å². The van der Waals surface area contributed by atoms with Gasteiger partial charge in [0.05, 0.1) is 0 Å². The van der Waals surface area contributed by atoms with Gasteiger partial charge in [-0.3, -0.25) is 0 Å². The van der Waals surface area contributed by atoms with E-state index in [-0.39, 0.29) is 5.75 Å². The van der Waals surface area contributed by atoms with E-state index < -0.39 is 5.97 Å². The van der Waals surface area contributed by atoms with Gasteiger partial charge in [-0.25, -0.2) is 4.79 Å². The van der Waals surface area contributed by atoms with Crippen LogP contribution in [0.1, 0.15) is 5.56 Å². The van der Waals surface area contributed by atoms with Crippen LogP contribution in [0.4, 0.5) is 0 Å². The van der Waals surface area contributed by atoms with Crippen molar-refractivity contribution in [2.24, 2.45) is 0 Å². The maximum Gasteiger partial charge on any atom is 0.328 e. The number of benzene rings is 1. The molecule has 0 spiro atoms. The van der Waals surface area contributed by atoms with Crippen molar-refractivity contribution in [1.29, 1.82) is 0 Å². The van der Waals surface area contributed by atoms with Crippen LogP contribution in [0, 0.1) is 0 Å². The first-order valence-corrected chi connectivity index (χ1v) is 4.56. The van der Waals surface area contributed by atoms with Gasteiger partial charge in [0.1, 0.15) is 5.75 Å². The van der Waals surface area contributed by atoms with Gasteiger partial charge in [0.15, 0.2) is 0 Å². The van der Waals surface area contributed by atoms with Crippen molar-refractivity contribution in [1.82, 2.24) is 5.32 Å². The molecule has 0 fully saturated rings. The van der Waals surface area contributed by atoms with Gasteiger partial charge in [-0.15, -0.1) is 0 Å². The average Bonchev–Trinajstić information content (AvgIpc) is 2.20. The third-order valence-electron chi connectivity index (χ3n) is 1.79. The second-order valence-corrected chi connectivity index (χ2v) is 3.04. The quantitative estimate of drug-likeness (QED) is 0.500. The molecule has 80 valence electrons. The Labute approximate surface area is 87.9 Å². The summed E-state index contributed by atoms with van der Waals surface area (Å²) in [5, 5.41) is 20.4. The number of hydrogen-bond donors (Lipinski definition) is 3. The molecule has 4 nitrogen and oxygen atoms in total. The molecule has 4 heteroatoms. The molecular weight excluding hydrogens is 194 g/mol. The molecule has 0 radical (unpaired) electrons. The summed E-state index contributed by atoms with van der Waals surface area (Å²) in [5.41, 5.74) is 1.04. The Kier molecular flexibility index (Phi) is 4.37. The number of nitrogens with one attached hydrogen (secondary N) is 1. The summed E-state index contributed by atoms with van der Waals surface area (Å²) >= 11 is 0. The van der Waals surface area contributed by atoms with E-state index in [1.165, 1.54) is 0 Å². The van der Waals surface area contributed by atoms with E-state index in [0.717, 1.165) is 11.6 Å². The topological polar surface area (TPSA) is 69.6 Å². The molecule has 0 saturated heterocycles. The number of carboxylic acid groups (broad SMARTS) is 1. The molecule has 1 aromatic rings. The maximum atomic E-state index is 10.1. The van der Waals surface area contributed by atoms with Crippen molar-refractivity contribution >= 4 is 5.97 Å². The van der Waals surface area contributed by atoms with Crippen LogP contribution < -0.4 is 5.32 Å². The molecule has 1 aromatic carbocycles. The number of hydrogen-bond acceptors (Lipinski definition) is 3. The molecule has 0 amide bonds. The lowest BCUT2D eigenvalue weighted by atomic mass is 10.2. The molecule has 1 rings (SSSR count). The molecule has 3 N–H and O–H groups in total. The van der Waals surface area contributed by atoms with E-state index in [1.54, 1.807) is 18.2 Å². The van der Waals surface area contributed by atoms with Crippen LogP contribution >= 0.6 is 0 Å². The number of phenols is 1. The Bertz CT molecular complexity index is 343. The largest absolute Gasteiger partial charge is 0.508 e. The van der Waals surface area contributed by atoms with Gasteiger partial charge in [-0.1, -0.05) is 18.2 Å². The van der Waals surface area contributed by atoms with Crippen LogP contribution in [0.2, 0.25) is 0 Å². The van der Waals surface area contributed by atoms with E-state index >= 15 is 0 Å². The molecule has 0 unspecified atom stereocenters. The maximum absolute atomic E-state index is 10.1. The minimum atomic E-state index is -0.943. The highest BCUT2D eigenvalue weighted by Gasteiger charge is 1.91. The molecule has 0 aromatic heterocycles. The van der Waals surface area contributed by atoms with Gasteiger partial charge < -0.3 is 15.5 Å². The highest BCUT2D eigenvalue weighted by molar-refractivity contribution is 5.79. The predicted molar refractivity (Wildman–Crippen MR) is 56.6 cm³/mol. The van der Waals surface area contributed by atoms with Gasteiger partial charge in [-0.05, 0) is 17.7 Å². The molecular formula is C11H13NO3. The van der Waals surface area contributed by atoms with Crippen molar-refractivity contribution in [2.45, 2.75) is 6.54 Å². The molecule has 15 heavy (non-hydrogen) atoms. The Morgan fingerprint density at radius 3 is 2.60 bits per heavy atom. The highest BCUT2D eigenvalue weighted by atomic mass is 16.4. The monoisotopic (exact) mass is 207 g/mol. The Morgan fingerprint density at radius 2 is 2.00 bits per heavy atom. The van der Waals surface area contributed by atoms with E-state index in [2.05, 4.69) is 5.32 Å². The highest BCUT2D eigenvalue weighted by Crippen LogP contribution is 2.08. The van der Waals surface area contributed by atoms with Gasteiger partial charge in [0.25, 0.3) is 0 Å². The van der Waals surface area contributed by atoms with Gasteiger partial charge >= 0.3 is 5.97 Å². The van der Waals surface area contributed by atoms with Crippen molar-refractivity contribution in [3.63, 3.8) is 0 Å². The van der Waals surface area contributed by atoms with Crippen LogP contribution in [-0.4, -0.2) is 22.7 Å². The summed E-state index contributed by atoms with van der Waals surface area (Å²) in [7, 11) is 0. The Balaban J connectivity index is 2.26. The van der Waals surface area contributed by atoms with E-state index in [1.807, 2.05) is 12.1 Å². The molecule has 0 bridgehead atoms. The summed E-state index contributed by atoms with van der Waals surface area (Å²) in [6.45, 7) is 1.15. The Morgan fingerprint density at radius 1 is 1.33 bits per heavy atom. The fourth-order valence-corrected chi connectivity index (χ4v) is 1.07. The van der Waals surface area contributed by atoms with Crippen molar-refractivity contribution < 1.29 is 15.0 Å². The lowest BCUT2D eigenvalue weighted by Gasteiger charge is -2.01. The van der Waals surface area contributed by atoms with Crippen molar-refractivity contribution in [2.75, 3.05) is 6.54 Å². The minimum Gasteiger partial charge on any atom is -0.508 e. The van der Waals surface area contributed by atoms with Crippen molar-refractivity contribution in [3.05, 3.63) is 42.0 Å². The van der Waals surface area contributed by atoms with Crippen LogP contribution in [0.3, 0.4) is 0 Å². The molecule has 0 saturated carbocycles. The number of aliphatic carboxylic acids is 1. The molecule has 0 atom stereocenters. The van der Waals surface area contributed by atoms with Crippen LogP contribution in [0.25, 0.3) is 0 Å². The normalized spacial score (nSPS) is 10.7. The molecule has 0 aliphatic carbocycles. The van der Waals surface area contributed by atoms with Crippen LogP contribution in [0.5, 0.6) is 5.75 Å².